The van der Waals surface area contributed by atoms with Crippen LogP contribution in [0.4, 0.5) is 14.5 Å². The van der Waals surface area contributed by atoms with E-state index in [-0.39, 0.29) is 33.3 Å². The van der Waals surface area contributed by atoms with E-state index in [1.165, 1.54) is 26.4 Å². The van der Waals surface area contributed by atoms with Crippen molar-refractivity contribution in [3.63, 3.8) is 0 Å². The van der Waals surface area contributed by atoms with Crippen molar-refractivity contribution in [2.24, 2.45) is 5.84 Å². The van der Waals surface area contributed by atoms with Crippen LogP contribution in [0.2, 0.25) is 5.02 Å². The van der Waals surface area contributed by atoms with Crippen LogP contribution in [0, 0.1) is 11.6 Å². The third-order valence-corrected chi connectivity index (χ3v) is 4.67. The predicted molar refractivity (Wildman–Crippen MR) is 110 cm³/mol. The first-order chi connectivity index (χ1) is 13.8. The maximum absolute atomic E-state index is 14.2. The molecule has 0 unspecified atom stereocenters. The lowest BCUT2D eigenvalue weighted by Gasteiger charge is -2.22. The second-order valence-corrected chi connectivity index (χ2v) is 6.50. The fourth-order valence-corrected chi connectivity index (χ4v) is 3.21. The summed E-state index contributed by atoms with van der Waals surface area (Å²) in [5, 5.41) is 1.16. The van der Waals surface area contributed by atoms with Gasteiger partial charge in [-0.05, 0) is 18.2 Å². The molecule has 0 bridgehead atoms. The largest absolute Gasteiger partial charge is 0.481 e. The molecule has 0 aliphatic rings. The fraction of sp³-hybridized carbons (Fsp3) is 0.105. The van der Waals surface area contributed by atoms with E-state index in [2.05, 4.69) is 9.97 Å². The molecule has 0 saturated heterocycles. The molecule has 3 rings (SSSR count). The molecule has 0 radical (unpaired) electrons. The van der Waals surface area contributed by atoms with Gasteiger partial charge in [0.25, 0.3) is 0 Å². The van der Waals surface area contributed by atoms with Crippen LogP contribution >= 0.6 is 23.8 Å². The van der Waals surface area contributed by atoms with E-state index in [9.17, 15) is 8.78 Å². The number of anilines is 1. The standard InChI is InChI=1S/C19H15ClF2N4O2S/c1-27-15-9-16(28-2)25-18(24-15)11-4-3-5-12(20)17(11)19(29)26(23)14-7-6-10(21)8-13(14)22/h3-9H,23H2,1-2H3. The van der Waals surface area contributed by atoms with Crippen molar-refractivity contribution >= 4 is 34.5 Å². The van der Waals surface area contributed by atoms with Crippen LogP contribution in [-0.2, 0) is 0 Å². The molecule has 0 aliphatic carbocycles. The van der Waals surface area contributed by atoms with Crippen LogP contribution in [0.1, 0.15) is 5.56 Å². The number of nitrogens with zero attached hydrogens (tertiary/aromatic N) is 3. The Balaban J connectivity index is 2.13. The number of thiocarbonyl (C=S) groups is 1. The molecule has 10 heteroatoms. The van der Waals surface area contributed by atoms with E-state index in [1.807, 2.05) is 0 Å². The summed E-state index contributed by atoms with van der Waals surface area (Å²) in [6.45, 7) is 0. The Labute approximate surface area is 175 Å². The number of rotatable bonds is 5. The average molecular weight is 437 g/mol. The van der Waals surface area contributed by atoms with Gasteiger partial charge < -0.3 is 9.47 Å². The highest BCUT2D eigenvalue weighted by molar-refractivity contribution is 7.81. The zero-order valence-electron chi connectivity index (χ0n) is 15.3. The topological polar surface area (TPSA) is 73.5 Å². The molecule has 0 amide bonds. The number of methoxy groups -OCH3 is 2. The summed E-state index contributed by atoms with van der Waals surface area (Å²) >= 11 is 11.8. The Morgan fingerprint density at radius 3 is 2.31 bits per heavy atom. The van der Waals surface area contributed by atoms with E-state index in [0.717, 1.165) is 11.1 Å². The van der Waals surface area contributed by atoms with Gasteiger partial charge >= 0.3 is 0 Å². The summed E-state index contributed by atoms with van der Waals surface area (Å²) in [7, 11) is 2.90. The Morgan fingerprint density at radius 1 is 1.07 bits per heavy atom. The molecule has 6 nitrogen and oxygen atoms in total. The first-order valence-electron chi connectivity index (χ1n) is 8.16. The molecule has 2 N–H and O–H groups in total. The zero-order chi connectivity index (χ0) is 21.1. The fourth-order valence-electron chi connectivity index (χ4n) is 2.57. The van der Waals surface area contributed by atoms with Crippen molar-refractivity contribution < 1.29 is 18.3 Å². The molecule has 150 valence electrons. The Bertz CT molecular complexity index is 1060. The Morgan fingerprint density at radius 2 is 1.72 bits per heavy atom. The smallest absolute Gasteiger partial charge is 0.220 e. The number of aromatic nitrogens is 2. The molecule has 1 heterocycles. The van der Waals surface area contributed by atoms with Gasteiger partial charge in [-0.3, -0.25) is 5.01 Å². The Hall–Kier alpha value is -2.88. The second-order valence-electron chi connectivity index (χ2n) is 5.71. The third-order valence-electron chi connectivity index (χ3n) is 3.95. The van der Waals surface area contributed by atoms with Crippen LogP contribution in [0.25, 0.3) is 11.4 Å². The number of benzene rings is 2. The number of hydrogen-bond donors (Lipinski definition) is 1. The third kappa shape index (κ3) is 4.26. The monoisotopic (exact) mass is 436 g/mol. The van der Waals surface area contributed by atoms with E-state index >= 15 is 0 Å². The SMILES string of the molecule is COc1cc(OC)nc(-c2cccc(Cl)c2C(=S)N(N)c2ccc(F)cc2F)n1. The minimum Gasteiger partial charge on any atom is -0.481 e. The van der Waals surface area contributed by atoms with E-state index < -0.39 is 11.6 Å². The zero-order valence-corrected chi connectivity index (χ0v) is 16.9. The average Bonchev–Trinajstić information content (AvgIpc) is 2.72. The molecule has 0 spiro atoms. The summed E-state index contributed by atoms with van der Waals surface area (Å²) < 4.78 is 37.8. The van der Waals surface area contributed by atoms with Crippen molar-refractivity contribution in [1.82, 2.24) is 9.97 Å². The highest BCUT2D eigenvalue weighted by Gasteiger charge is 2.22. The van der Waals surface area contributed by atoms with Crippen molar-refractivity contribution in [3.05, 3.63) is 64.7 Å². The van der Waals surface area contributed by atoms with Gasteiger partial charge in [0.1, 0.15) is 10.8 Å². The maximum Gasteiger partial charge on any atom is 0.220 e. The molecule has 0 atom stereocenters. The van der Waals surface area contributed by atoms with E-state index in [1.54, 1.807) is 18.2 Å². The van der Waals surface area contributed by atoms with Gasteiger partial charge in [0.05, 0.1) is 31.0 Å². The maximum atomic E-state index is 14.2. The summed E-state index contributed by atoms with van der Waals surface area (Å²) in [6, 6.07) is 9.42. The van der Waals surface area contributed by atoms with Crippen LogP contribution in [0.15, 0.2) is 42.5 Å². The van der Waals surface area contributed by atoms with Crippen LogP contribution < -0.4 is 20.3 Å². The normalized spacial score (nSPS) is 10.6. The molecule has 2 aromatic carbocycles. The highest BCUT2D eigenvalue weighted by atomic mass is 35.5. The van der Waals surface area contributed by atoms with Gasteiger partial charge in [-0.15, -0.1) is 0 Å². The Kier molecular flexibility index (Phi) is 6.21. The molecule has 1 aromatic heterocycles. The minimum absolute atomic E-state index is 0.0125. The molecule has 29 heavy (non-hydrogen) atoms. The first kappa shape index (κ1) is 20.8. The summed E-state index contributed by atoms with van der Waals surface area (Å²) in [6.07, 6.45) is 0. The minimum atomic E-state index is -0.872. The molecular formula is C19H15ClF2N4O2S. The molecular weight excluding hydrogens is 422 g/mol. The summed E-state index contributed by atoms with van der Waals surface area (Å²) in [4.78, 5) is 8.59. The number of hydrazine groups is 1. The van der Waals surface area contributed by atoms with Gasteiger partial charge in [-0.25, -0.2) is 14.6 Å². The van der Waals surface area contributed by atoms with Crippen molar-refractivity contribution in [1.29, 1.82) is 0 Å². The van der Waals surface area contributed by atoms with Crippen molar-refractivity contribution in [2.75, 3.05) is 19.2 Å². The quantitative estimate of drug-likeness (QED) is 0.366. The summed E-state index contributed by atoms with van der Waals surface area (Å²) in [5.74, 6) is 5.16. The van der Waals surface area contributed by atoms with Gasteiger partial charge in [-0.1, -0.05) is 36.0 Å². The first-order valence-corrected chi connectivity index (χ1v) is 8.94. The lowest BCUT2D eigenvalue weighted by molar-refractivity contribution is 0.372. The predicted octanol–water partition coefficient (Wildman–Crippen LogP) is 4.15. The molecule has 0 aliphatic heterocycles. The number of ether oxygens (including phenoxy) is 2. The van der Waals surface area contributed by atoms with Crippen LogP contribution in [0.5, 0.6) is 11.8 Å². The van der Waals surface area contributed by atoms with Gasteiger partial charge in [0.15, 0.2) is 11.6 Å². The van der Waals surface area contributed by atoms with Crippen LogP contribution in [0.3, 0.4) is 0 Å². The number of nitrogens with two attached hydrogens (primary N) is 1. The van der Waals surface area contributed by atoms with Gasteiger partial charge in [0, 0.05) is 17.2 Å². The van der Waals surface area contributed by atoms with E-state index in [0.29, 0.717) is 17.2 Å². The van der Waals surface area contributed by atoms with Crippen molar-refractivity contribution in [3.8, 4) is 23.1 Å². The second kappa shape index (κ2) is 8.64. The lowest BCUT2D eigenvalue weighted by Crippen LogP contribution is -2.38. The van der Waals surface area contributed by atoms with Crippen molar-refractivity contribution in [2.45, 2.75) is 0 Å². The summed E-state index contributed by atoms with van der Waals surface area (Å²) in [5.41, 5.74) is 0.606. The number of halogens is 3. The van der Waals surface area contributed by atoms with Gasteiger partial charge in [-0.2, -0.15) is 9.97 Å². The van der Waals surface area contributed by atoms with Gasteiger partial charge in [0.2, 0.25) is 11.8 Å². The molecule has 0 saturated carbocycles. The van der Waals surface area contributed by atoms with E-state index in [4.69, 9.17) is 39.1 Å². The highest BCUT2D eigenvalue weighted by Crippen LogP contribution is 2.32. The number of hydrogen-bond acceptors (Lipinski definition) is 6. The molecule has 3 aromatic rings. The van der Waals surface area contributed by atoms with Crippen LogP contribution in [-0.4, -0.2) is 29.2 Å². The molecule has 0 fully saturated rings. The lowest BCUT2D eigenvalue weighted by atomic mass is 10.1.